The van der Waals surface area contributed by atoms with E-state index in [0.29, 0.717) is 11.1 Å². The van der Waals surface area contributed by atoms with Gasteiger partial charge in [0.05, 0.1) is 22.7 Å². The highest BCUT2D eigenvalue weighted by Gasteiger charge is 2.69. The molecule has 43 heavy (non-hydrogen) atoms. The Morgan fingerprint density at radius 1 is 1.02 bits per heavy atom. The number of nitrogens with zero attached hydrogens (tertiary/aromatic N) is 3. The maximum Gasteiger partial charge on any atom is 0.508 e. The number of carbonyl (C=O) groups excluding carboxylic acids is 2. The Morgan fingerprint density at radius 3 is 2.05 bits per heavy atom. The van der Waals surface area contributed by atoms with Crippen LogP contribution in [0.2, 0.25) is 0 Å². The van der Waals surface area contributed by atoms with Gasteiger partial charge in [0.1, 0.15) is 29.2 Å². The van der Waals surface area contributed by atoms with Gasteiger partial charge in [-0.25, -0.2) is 9.59 Å². The van der Waals surface area contributed by atoms with Crippen LogP contribution in [0.1, 0.15) is 18.1 Å². The zero-order valence-corrected chi connectivity index (χ0v) is 24.0. The fourth-order valence-electron chi connectivity index (χ4n) is 4.79. The van der Waals surface area contributed by atoms with Crippen molar-refractivity contribution < 1.29 is 51.4 Å². The number of β-lactam (4-membered cyclic amide) rings is 1. The molecule has 4 rings (SSSR count). The molecule has 0 radical (unpaired) electrons. The van der Waals surface area contributed by atoms with Crippen LogP contribution in [0.3, 0.4) is 0 Å². The predicted octanol–water partition coefficient (Wildman–Crippen LogP) is 2.96. The van der Waals surface area contributed by atoms with Crippen molar-refractivity contribution in [3.8, 4) is 0 Å². The first-order valence-electron chi connectivity index (χ1n) is 12.3. The second kappa shape index (κ2) is 12.0. The molecule has 228 valence electrons. The summed E-state index contributed by atoms with van der Waals surface area (Å²) in [6, 6.07) is 10.6. The average molecular weight is 638 g/mol. The van der Waals surface area contributed by atoms with E-state index in [2.05, 4.69) is 0 Å². The summed E-state index contributed by atoms with van der Waals surface area (Å²) in [5.41, 5.74) is 0.0507. The predicted molar refractivity (Wildman–Crippen MR) is 147 cm³/mol. The van der Waals surface area contributed by atoms with Crippen molar-refractivity contribution >= 4 is 51.3 Å². The molecule has 0 spiro atoms. The van der Waals surface area contributed by atoms with Crippen LogP contribution in [0.15, 0.2) is 59.1 Å². The van der Waals surface area contributed by atoms with E-state index in [4.69, 9.17) is 13.7 Å². The minimum atomic E-state index is -3.99. The summed E-state index contributed by atoms with van der Waals surface area (Å²) < 4.78 is 38.5. The molecule has 0 saturated carbocycles. The van der Waals surface area contributed by atoms with Crippen LogP contribution in [0.25, 0.3) is 0 Å². The van der Waals surface area contributed by atoms with Crippen molar-refractivity contribution in [2.45, 2.75) is 30.9 Å². The maximum absolute atomic E-state index is 13.4. The molecular weight excluding hydrogens is 614 g/mol. The normalized spacial score (nSPS) is 20.2. The lowest BCUT2D eigenvalue weighted by molar-refractivity contribution is -0.385. The summed E-state index contributed by atoms with van der Waals surface area (Å²) in [5, 5.41) is 31.9. The summed E-state index contributed by atoms with van der Waals surface area (Å²) in [6.07, 6.45) is -1.63. The molecule has 16 nitrogen and oxygen atoms in total. The molecule has 18 heteroatoms. The molecule has 1 fully saturated rings. The molecule has 0 aliphatic carbocycles. The van der Waals surface area contributed by atoms with Crippen molar-refractivity contribution in [1.82, 2.24) is 4.90 Å². The number of nitro groups is 2. The standard InChI is InChI=1S/C25H23N3O13S2/c1-14(41-24(32)39-12-16-5-9-18(10-6-16)28(35)36)20-22(29)26-21(23(30)31)19(13-40-43(2,37)38)42-25(20,26)11-15-3-7-17(8-4-15)27(33)34/h3-10,14,20H,11-13H2,1-2H3,(H,30,31)/t14-,20+,25-/m1/s1. The number of thioether (sulfide) groups is 1. The van der Waals surface area contributed by atoms with Gasteiger partial charge in [0.15, 0.2) is 0 Å². The van der Waals surface area contributed by atoms with Gasteiger partial charge in [-0.3, -0.25) is 34.1 Å². The third-order valence-electron chi connectivity index (χ3n) is 6.61. The Morgan fingerprint density at radius 2 is 1.56 bits per heavy atom. The van der Waals surface area contributed by atoms with E-state index < -0.39 is 67.2 Å². The van der Waals surface area contributed by atoms with Crippen molar-refractivity contribution in [3.05, 3.63) is 90.5 Å². The number of fused-ring (bicyclic) bond motifs is 1. The van der Waals surface area contributed by atoms with Crippen molar-refractivity contribution in [2.75, 3.05) is 12.9 Å². The highest BCUT2D eigenvalue weighted by Crippen LogP contribution is 2.60. The molecule has 1 saturated heterocycles. The Hall–Kier alpha value is -4.55. The monoisotopic (exact) mass is 637 g/mol. The number of aliphatic carboxylic acids is 1. The molecule has 2 aliphatic rings. The molecule has 2 aliphatic heterocycles. The van der Waals surface area contributed by atoms with Crippen LogP contribution in [-0.2, 0) is 46.4 Å². The number of benzene rings is 2. The van der Waals surface area contributed by atoms with Gasteiger partial charge in [-0.2, -0.15) is 8.42 Å². The van der Waals surface area contributed by atoms with Gasteiger partial charge >= 0.3 is 12.1 Å². The van der Waals surface area contributed by atoms with E-state index in [0.717, 1.165) is 22.9 Å². The van der Waals surface area contributed by atoms with Gasteiger partial charge in [0.2, 0.25) is 5.91 Å². The minimum absolute atomic E-state index is 0.0588. The zero-order valence-electron chi connectivity index (χ0n) is 22.4. The summed E-state index contributed by atoms with van der Waals surface area (Å²) in [7, 11) is -3.99. The molecule has 2 heterocycles. The largest absolute Gasteiger partial charge is 0.508 e. The lowest BCUT2D eigenvalue weighted by atomic mass is 9.78. The van der Waals surface area contributed by atoms with Crippen LogP contribution in [-0.4, -0.2) is 70.1 Å². The van der Waals surface area contributed by atoms with E-state index in [1.807, 2.05) is 0 Å². The van der Waals surface area contributed by atoms with Crippen LogP contribution >= 0.6 is 11.8 Å². The van der Waals surface area contributed by atoms with Crippen LogP contribution in [0.5, 0.6) is 0 Å². The molecular formula is C25H23N3O13S2. The molecule has 1 N–H and O–H groups in total. The van der Waals surface area contributed by atoms with E-state index in [1.165, 1.54) is 55.5 Å². The highest BCUT2D eigenvalue weighted by atomic mass is 32.2. The minimum Gasteiger partial charge on any atom is -0.477 e. The van der Waals surface area contributed by atoms with Gasteiger partial charge in [0.25, 0.3) is 21.5 Å². The first-order chi connectivity index (χ1) is 20.1. The van der Waals surface area contributed by atoms with Crippen LogP contribution in [0.4, 0.5) is 16.2 Å². The third-order valence-corrected chi connectivity index (χ3v) is 8.64. The number of non-ortho nitro benzene ring substituents is 2. The number of hydrogen-bond donors (Lipinski definition) is 1. The molecule has 0 bridgehead atoms. The number of carboxylic acid groups (broad SMARTS) is 1. The number of rotatable bonds is 12. The van der Waals surface area contributed by atoms with Gasteiger partial charge in [0, 0.05) is 35.6 Å². The van der Waals surface area contributed by atoms with E-state index >= 15 is 0 Å². The average Bonchev–Trinajstić information content (AvgIpc) is 3.20. The number of carboxylic acids is 1. The van der Waals surface area contributed by atoms with E-state index in [-0.39, 0.29) is 29.3 Å². The van der Waals surface area contributed by atoms with Crippen molar-refractivity contribution in [3.63, 3.8) is 0 Å². The molecule has 2 aromatic carbocycles. The Kier molecular flexibility index (Phi) is 8.74. The number of amides is 1. The smallest absolute Gasteiger partial charge is 0.477 e. The Bertz CT molecular complexity index is 1620. The summed E-state index contributed by atoms with van der Waals surface area (Å²) in [6.45, 7) is 0.432. The summed E-state index contributed by atoms with van der Waals surface area (Å²) >= 11 is 0.865. The fraction of sp³-hybridized carbons (Fsp3) is 0.320. The number of carbonyl (C=O) groups is 3. The Labute approximate surface area is 247 Å². The summed E-state index contributed by atoms with van der Waals surface area (Å²) in [5.74, 6) is -3.39. The second-order valence-corrected chi connectivity index (χ2v) is 12.6. The lowest BCUT2D eigenvalue weighted by Gasteiger charge is -2.54. The van der Waals surface area contributed by atoms with Gasteiger partial charge < -0.3 is 14.6 Å². The first kappa shape index (κ1) is 31.4. The molecule has 3 atom stereocenters. The quantitative estimate of drug-likeness (QED) is 0.116. The highest BCUT2D eigenvalue weighted by molar-refractivity contribution is 8.04. The number of hydrogen-bond acceptors (Lipinski definition) is 13. The van der Waals surface area contributed by atoms with E-state index in [1.54, 1.807) is 0 Å². The van der Waals surface area contributed by atoms with Crippen molar-refractivity contribution in [1.29, 1.82) is 0 Å². The van der Waals surface area contributed by atoms with Crippen molar-refractivity contribution in [2.24, 2.45) is 5.92 Å². The second-order valence-electron chi connectivity index (χ2n) is 9.53. The van der Waals surface area contributed by atoms with Gasteiger partial charge in [-0.05, 0) is 30.2 Å². The van der Waals surface area contributed by atoms with E-state index in [9.17, 15) is 48.1 Å². The molecule has 0 aromatic heterocycles. The van der Waals surface area contributed by atoms with Gasteiger partial charge in [-0.1, -0.05) is 23.9 Å². The lowest BCUT2D eigenvalue weighted by Crippen LogP contribution is -2.71. The van der Waals surface area contributed by atoms with Gasteiger partial charge in [-0.15, -0.1) is 0 Å². The fourth-order valence-corrected chi connectivity index (χ4v) is 6.95. The van der Waals surface area contributed by atoms with Crippen LogP contribution in [0, 0.1) is 26.1 Å². The molecule has 0 unspecified atom stereocenters. The maximum atomic E-state index is 13.4. The molecule has 2 aromatic rings. The zero-order chi connectivity index (χ0) is 31.7. The first-order valence-corrected chi connectivity index (χ1v) is 14.9. The topological polar surface area (TPSA) is 223 Å². The third kappa shape index (κ3) is 6.60. The number of nitro benzene ring substituents is 2. The van der Waals surface area contributed by atoms with Crippen LogP contribution < -0.4 is 0 Å². The SMILES string of the molecule is C[C@@H](OC(=O)OCc1ccc([N+](=O)[O-])cc1)[C@H]1C(=O)N2C(C(=O)O)=C(COS(C)(=O)=O)S[C@]12Cc1ccc([N+](=O)[O-])cc1. The molecule has 1 amide bonds. The summed E-state index contributed by atoms with van der Waals surface area (Å²) in [4.78, 5) is 58.4. The number of ether oxygens (including phenoxy) is 2. The Balaban J connectivity index is 1.57.